The molecule has 0 unspecified atom stereocenters. The SMILES string of the molecule is Cc1ccc(NCC2CCNCC2)cc1C(=O)N[C@H](C)c1cccc2ccccc12. The number of fused-ring (bicyclic) bond motifs is 1. The fourth-order valence-electron chi connectivity index (χ4n) is 4.30. The molecule has 4 nitrogen and oxygen atoms in total. The fraction of sp³-hybridized carbons (Fsp3) is 0.346. The van der Waals surface area contributed by atoms with E-state index in [-0.39, 0.29) is 11.9 Å². The molecule has 0 saturated carbocycles. The molecule has 0 bridgehead atoms. The standard InChI is InChI=1S/C26H31N3O/c1-18-10-11-22(28-17-20-12-14-27-15-13-20)16-25(18)26(30)29-19(2)23-9-5-7-21-6-3-4-8-24(21)23/h3-11,16,19-20,27-28H,12-15,17H2,1-2H3,(H,29,30)/t19-/m1/s1. The van der Waals surface area contributed by atoms with Gasteiger partial charge in [-0.15, -0.1) is 0 Å². The third kappa shape index (κ3) is 4.65. The third-order valence-electron chi connectivity index (χ3n) is 6.17. The molecule has 4 heteroatoms. The Labute approximate surface area is 179 Å². The zero-order valence-corrected chi connectivity index (χ0v) is 17.9. The Kier molecular flexibility index (Phi) is 6.34. The van der Waals surface area contributed by atoms with Gasteiger partial charge in [0.05, 0.1) is 6.04 Å². The van der Waals surface area contributed by atoms with E-state index in [2.05, 4.69) is 52.3 Å². The first-order valence-electron chi connectivity index (χ1n) is 11.0. The zero-order chi connectivity index (χ0) is 20.9. The van der Waals surface area contributed by atoms with E-state index in [0.29, 0.717) is 5.92 Å². The summed E-state index contributed by atoms with van der Waals surface area (Å²) in [5.41, 5.74) is 3.88. The number of piperidine rings is 1. The molecule has 0 aliphatic carbocycles. The lowest BCUT2D eigenvalue weighted by molar-refractivity contribution is 0.0939. The molecule has 4 rings (SSSR count). The van der Waals surface area contributed by atoms with Crippen LogP contribution in [0.5, 0.6) is 0 Å². The largest absolute Gasteiger partial charge is 0.385 e. The first-order valence-corrected chi connectivity index (χ1v) is 11.0. The van der Waals surface area contributed by atoms with E-state index in [4.69, 9.17) is 0 Å². The van der Waals surface area contributed by atoms with Gasteiger partial charge < -0.3 is 16.0 Å². The summed E-state index contributed by atoms with van der Waals surface area (Å²) in [7, 11) is 0. The Hall–Kier alpha value is -2.85. The van der Waals surface area contributed by atoms with E-state index < -0.39 is 0 Å². The lowest BCUT2D eigenvalue weighted by Gasteiger charge is -2.23. The van der Waals surface area contributed by atoms with E-state index in [1.165, 1.54) is 23.6 Å². The Balaban J connectivity index is 1.47. The molecule has 3 aromatic rings. The van der Waals surface area contributed by atoms with Crippen LogP contribution in [-0.4, -0.2) is 25.5 Å². The molecule has 1 aliphatic heterocycles. The number of amides is 1. The van der Waals surface area contributed by atoms with E-state index in [0.717, 1.165) is 42.0 Å². The van der Waals surface area contributed by atoms with Gasteiger partial charge in [-0.1, -0.05) is 48.5 Å². The summed E-state index contributed by atoms with van der Waals surface area (Å²) < 4.78 is 0. The molecule has 1 saturated heterocycles. The monoisotopic (exact) mass is 401 g/mol. The maximum Gasteiger partial charge on any atom is 0.252 e. The highest BCUT2D eigenvalue weighted by Crippen LogP contribution is 2.25. The van der Waals surface area contributed by atoms with E-state index in [1.807, 2.05) is 38.1 Å². The lowest BCUT2D eigenvalue weighted by atomic mass is 9.98. The quantitative estimate of drug-likeness (QED) is 0.542. The molecule has 1 amide bonds. The number of benzene rings is 3. The van der Waals surface area contributed by atoms with Crippen LogP contribution in [-0.2, 0) is 0 Å². The zero-order valence-electron chi connectivity index (χ0n) is 17.9. The highest BCUT2D eigenvalue weighted by atomic mass is 16.1. The number of nitrogens with one attached hydrogen (secondary N) is 3. The van der Waals surface area contributed by atoms with Crippen LogP contribution in [0, 0.1) is 12.8 Å². The summed E-state index contributed by atoms with van der Waals surface area (Å²) in [6.07, 6.45) is 2.41. The average Bonchev–Trinajstić information content (AvgIpc) is 2.78. The molecule has 1 heterocycles. The fourth-order valence-corrected chi connectivity index (χ4v) is 4.30. The molecule has 0 radical (unpaired) electrons. The number of hydrogen-bond acceptors (Lipinski definition) is 3. The Morgan fingerprint density at radius 3 is 2.67 bits per heavy atom. The van der Waals surface area contributed by atoms with Gasteiger partial charge in [0, 0.05) is 17.8 Å². The van der Waals surface area contributed by atoms with Gasteiger partial charge in [0.2, 0.25) is 0 Å². The van der Waals surface area contributed by atoms with Crippen molar-refractivity contribution in [3.05, 3.63) is 77.4 Å². The van der Waals surface area contributed by atoms with Crippen LogP contribution < -0.4 is 16.0 Å². The number of anilines is 1. The van der Waals surface area contributed by atoms with Gasteiger partial charge in [0.1, 0.15) is 0 Å². The van der Waals surface area contributed by atoms with Crippen molar-refractivity contribution >= 4 is 22.4 Å². The maximum atomic E-state index is 13.1. The summed E-state index contributed by atoms with van der Waals surface area (Å²) in [5.74, 6) is 0.662. The number of rotatable bonds is 6. The van der Waals surface area contributed by atoms with Crippen molar-refractivity contribution in [2.24, 2.45) is 5.92 Å². The summed E-state index contributed by atoms with van der Waals surface area (Å²) in [6, 6.07) is 20.6. The second kappa shape index (κ2) is 9.31. The van der Waals surface area contributed by atoms with Crippen molar-refractivity contribution in [1.29, 1.82) is 0 Å². The van der Waals surface area contributed by atoms with Crippen LogP contribution in [0.25, 0.3) is 10.8 Å². The summed E-state index contributed by atoms with van der Waals surface area (Å²) in [4.78, 5) is 13.1. The molecule has 3 aromatic carbocycles. The second-order valence-electron chi connectivity index (χ2n) is 8.37. The summed E-state index contributed by atoms with van der Waals surface area (Å²) in [5, 5.41) is 12.5. The second-order valence-corrected chi connectivity index (χ2v) is 8.37. The van der Waals surface area contributed by atoms with Gasteiger partial charge in [-0.05, 0) is 79.7 Å². The van der Waals surface area contributed by atoms with Crippen LogP contribution in [0.3, 0.4) is 0 Å². The van der Waals surface area contributed by atoms with Gasteiger partial charge in [-0.25, -0.2) is 0 Å². The molecular formula is C26H31N3O. The number of carbonyl (C=O) groups is 1. The number of carbonyl (C=O) groups excluding carboxylic acids is 1. The van der Waals surface area contributed by atoms with Crippen molar-refractivity contribution in [3.63, 3.8) is 0 Å². The predicted molar refractivity (Wildman–Crippen MR) is 125 cm³/mol. The molecule has 1 atom stereocenters. The van der Waals surface area contributed by atoms with Gasteiger partial charge >= 0.3 is 0 Å². The van der Waals surface area contributed by atoms with Gasteiger partial charge in [-0.3, -0.25) is 4.79 Å². The van der Waals surface area contributed by atoms with Crippen molar-refractivity contribution in [1.82, 2.24) is 10.6 Å². The van der Waals surface area contributed by atoms with Crippen LogP contribution in [0.2, 0.25) is 0 Å². The molecule has 156 valence electrons. The van der Waals surface area contributed by atoms with Gasteiger partial charge in [-0.2, -0.15) is 0 Å². The Bertz CT molecular complexity index is 1020. The molecule has 30 heavy (non-hydrogen) atoms. The first-order chi connectivity index (χ1) is 14.6. The highest BCUT2D eigenvalue weighted by Gasteiger charge is 2.17. The molecule has 0 aromatic heterocycles. The first kappa shape index (κ1) is 20.4. The van der Waals surface area contributed by atoms with Crippen molar-refractivity contribution < 1.29 is 4.79 Å². The Morgan fingerprint density at radius 2 is 1.83 bits per heavy atom. The topological polar surface area (TPSA) is 53.2 Å². The number of hydrogen-bond donors (Lipinski definition) is 3. The van der Waals surface area contributed by atoms with Crippen molar-refractivity contribution in [2.75, 3.05) is 25.0 Å². The van der Waals surface area contributed by atoms with Crippen LogP contribution in [0.4, 0.5) is 5.69 Å². The minimum Gasteiger partial charge on any atom is -0.385 e. The Morgan fingerprint density at radius 1 is 1.07 bits per heavy atom. The van der Waals surface area contributed by atoms with Gasteiger partial charge in [0.25, 0.3) is 5.91 Å². The maximum absolute atomic E-state index is 13.1. The molecular weight excluding hydrogens is 370 g/mol. The molecule has 1 fully saturated rings. The van der Waals surface area contributed by atoms with Crippen molar-refractivity contribution in [3.8, 4) is 0 Å². The normalized spacial score (nSPS) is 15.7. The number of aryl methyl sites for hydroxylation is 1. The molecule has 0 spiro atoms. The average molecular weight is 402 g/mol. The van der Waals surface area contributed by atoms with Gasteiger partial charge in [0.15, 0.2) is 0 Å². The third-order valence-corrected chi connectivity index (χ3v) is 6.17. The highest BCUT2D eigenvalue weighted by molar-refractivity contribution is 5.97. The molecule has 3 N–H and O–H groups in total. The smallest absolute Gasteiger partial charge is 0.252 e. The minimum absolute atomic E-state index is 0.0292. The summed E-state index contributed by atoms with van der Waals surface area (Å²) in [6.45, 7) is 7.19. The van der Waals surface area contributed by atoms with Crippen LogP contribution in [0.15, 0.2) is 60.7 Å². The van der Waals surface area contributed by atoms with Crippen molar-refractivity contribution in [2.45, 2.75) is 32.7 Å². The minimum atomic E-state index is -0.0747. The van der Waals surface area contributed by atoms with Crippen LogP contribution >= 0.6 is 0 Å². The van der Waals surface area contributed by atoms with E-state index >= 15 is 0 Å². The predicted octanol–water partition coefficient (Wildman–Crippen LogP) is 5.05. The lowest BCUT2D eigenvalue weighted by Crippen LogP contribution is -2.31. The van der Waals surface area contributed by atoms with E-state index in [9.17, 15) is 4.79 Å². The summed E-state index contributed by atoms with van der Waals surface area (Å²) >= 11 is 0. The van der Waals surface area contributed by atoms with E-state index in [1.54, 1.807) is 0 Å². The molecule has 1 aliphatic rings. The van der Waals surface area contributed by atoms with Crippen LogP contribution in [0.1, 0.15) is 47.3 Å².